The lowest BCUT2D eigenvalue weighted by atomic mass is 10.2. The van der Waals surface area contributed by atoms with Crippen molar-refractivity contribution < 1.29 is 9.90 Å². The van der Waals surface area contributed by atoms with Gasteiger partial charge >= 0.3 is 0 Å². The summed E-state index contributed by atoms with van der Waals surface area (Å²) >= 11 is 0. The number of carbonyl (C=O) groups is 1. The van der Waals surface area contributed by atoms with Crippen LogP contribution in [0.15, 0.2) is 12.2 Å². The maximum Gasteiger partial charge on any atom is 0.222 e. The minimum Gasteiger partial charge on any atom is -0.390 e. The van der Waals surface area contributed by atoms with Crippen LogP contribution in [0, 0.1) is 0 Å². The monoisotopic (exact) mass is 248 g/mol. The van der Waals surface area contributed by atoms with Crippen molar-refractivity contribution in [1.29, 1.82) is 0 Å². The molecule has 4 nitrogen and oxygen atoms in total. The summed E-state index contributed by atoms with van der Waals surface area (Å²) in [5.41, 5.74) is 5.63. The number of unbranched alkanes of at least 4 members (excludes halogenated alkanes) is 1. The molecule has 0 radical (unpaired) electrons. The molecule has 1 amide bonds. The molecule has 0 unspecified atom stereocenters. The van der Waals surface area contributed by atoms with Gasteiger partial charge in [0.15, 0.2) is 0 Å². The number of hydrogen-bond acceptors (Lipinski definition) is 3. The highest BCUT2D eigenvalue weighted by atomic mass is 35.5. The second kappa shape index (κ2) is 7.65. The van der Waals surface area contributed by atoms with Gasteiger partial charge in [0, 0.05) is 25.6 Å². The Labute approximate surface area is 103 Å². The summed E-state index contributed by atoms with van der Waals surface area (Å²) in [4.78, 5) is 13.3. The van der Waals surface area contributed by atoms with Crippen molar-refractivity contribution in [2.24, 2.45) is 5.73 Å². The van der Waals surface area contributed by atoms with Crippen LogP contribution in [-0.4, -0.2) is 41.1 Å². The first-order valence-electron chi connectivity index (χ1n) is 5.47. The minimum atomic E-state index is -0.551. The van der Waals surface area contributed by atoms with Gasteiger partial charge in [0.2, 0.25) is 5.91 Å². The van der Waals surface area contributed by atoms with Gasteiger partial charge in [-0.1, -0.05) is 12.2 Å². The van der Waals surface area contributed by atoms with E-state index in [2.05, 4.69) is 6.08 Å². The molecule has 0 aromatic heterocycles. The number of aliphatic hydroxyl groups is 1. The Kier molecular flexibility index (Phi) is 7.38. The molecule has 5 heteroatoms. The maximum atomic E-state index is 11.6. The molecule has 0 saturated carbocycles. The Bertz CT molecular complexity index is 236. The van der Waals surface area contributed by atoms with Crippen LogP contribution >= 0.6 is 12.4 Å². The topological polar surface area (TPSA) is 66.6 Å². The summed E-state index contributed by atoms with van der Waals surface area (Å²) in [7, 11) is 0. The number of likely N-dealkylation sites (tertiary alicyclic amines) is 1. The highest BCUT2D eigenvalue weighted by Crippen LogP contribution is 2.11. The first-order valence-corrected chi connectivity index (χ1v) is 5.47. The van der Waals surface area contributed by atoms with Gasteiger partial charge in [-0.2, -0.15) is 0 Å². The van der Waals surface area contributed by atoms with Gasteiger partial charge in [0.25, 0.3) is 0 Å². The highest BCUT2D eigenvalue weighted by molar-refractivity contribution is 5.85. The van der Waals surface area contributed by atoms with Crippen molar-refractivity contribution >= 4 is 18.3 Å². The molecule has 94 valence electrons. The van der Waals surface area contributed by atoms with Gasteiger partial charge in [-0.05, 0) is 19.8 Å². The van der Waals surface area contributed by atoms with Crippen molar-refractivity contribution in [3.05, 3.63) is 12.2 Å². The van der Waals surface area contributed by atoms with Crippen LogP contribution in [0.4, 0.5) is 0 Å². The molecule has 1 aliphatic rings. The lowest BCUT2D eigenvalue weighted by molar-refractivity contribution is -0.130. The van der Waals surface area contributed by atoms with E-state index in [1.807, 2.05) is 13.0 Å². The Morgan fingerprint density at radius 3 is 2.75 bits per heavy atom. The van der Waals surface area contributed by atoms with Crippen LogP contribution in [-0.2, 0) is 4.79 Å². The number of allylic oxidation sites excluding steroid dienone is 2. The summed E-state index contributed by atoms with van der Waals surface area (Å²) in [5, 5.41) is 9.40. The Balaban J connectivity index is 0.00000225. The minimum absolute atomic E-state index is 0. The molecule has 0 spiro atoms. The fraction of sp³-hybridized carbons (Fsp3) is 0.727. The second-order valence-electron chi connectivity index (χ2n) is 3.99. The zero-order chi connectivity index (χ0) is 11.3. The van der Waals surface area contributed by atoms with Gasteiger partial charge in [-0.15, -0.1) is 12.4 Å². The van der Waals surface area contributed by atoms with E-state index < -0.39 is 6.10 Å². The SMILES string of the molecule is CC=CCCCC(=O)N1C[C@@H](N)[C@H](O)C1.Cl. The van der Waals surface area contributed by atoms with E-state index in [0.29, 0.717) is 19.5 Å². The molecule has 16 heavy (non-hydrogen) atoms. The fourth-order valence-corrected chi connectivity index (χ4v) is 1.71. The number of carbonyl (C=O) groups excluding carboxylic acids is 1. The molecule has 2 atom stereocenters. The van der Waals surface area contributed by atoms with Crippen LogP contribution in [0.5, 0.6) is 0 Å². The predicted octanol–water partition coefficient (Wildman–Crippen LogP) is 0.685. The molecule has 0 aliphatic carbocycles. The predicted molar refractivity (Wildman–Crippen MR) is 66.5 cm³/mol. The summed E-state index contributed by atoms with van der Waals surface area (Å²) in [6, 6.07) is -0.274. The van der Waals surface area contributed by atoms with Crippen molar-refractivity contribution in [1.82, 2.24) is 4.90 Å². The number of nitrogens with two attached hydrogens (primary N) is 1. The van der Waals surface area contributed by atoms with Crippen molar-refractivity contribution in [2.75, 3.05) is 13.1 Å². The number of nitrogens with zero attached hydrogens (tertiary/aromatic N) is 1. The largest absolute Gasteiger partial charge is 0.390 e. The summed E-state index contributed by atoms with van der Waals surface area (Å²) in [6.45, 7) is 2.85. The third-order valence-corrected chi connectivity index (χ3v) is 2.68. The van der Waals surface area contributed by atoms with E-state index in [0.717, 1.165) is 12.8 Å². The number of aliphatic hydroxyl groups excluding tert-OH is 1. The first kappa shape index (κ1) is 15.4. The molecule has 1 aliphatic heterocycles. The summed E-state index contributed by atoms with van der Waals surface area (Å²) in [5.74, 6) is 0.103. The number of β-amino-alcohol motifs (C(OH)–C–C–N with tert-alkyl or cyclic N) is 1. The molecular formula is C11H21ClN2O2. The number of amides is 1. The molecule has 0 bridgehead atoms. The lowest BCUT2D eigenvalue weighted by Crippen LogP contribution is -2.33. The molecular weight excluding hydrogens is 228 g/mol. The fourth-order valence-electron chi connectivity index (χ4n) is 1.71. The first-order chi connectivity index (χ1) is 7.15. The zero-order valence-electron chi connectivity index (χ0n) is 9.63. The molecule has 0 aromatic carbocycles. The molecule has 1 rings (SSSR count). The van der Waals surface area contributed by atoms with Crippen LogP contribution in [0.1, 0.15) is 26.2 Å². The van der Waals surface area contributed by atoms with Crippen molar-refractivity contribution in [3.8, 4) is 0 Å². The normalized spacial score (nSPS) is 24.8. The Hall–Kier alpha value is -0.580. The van der Waals surface area contributed by atoms with Gasteiger partial charge in [0.05, 0.1) is 6.10 Å². The average Bonchev–Trinajstić information content (AvgIpc) is 2.54. The molecule has 1 saturated heterocycles. The van der Waals surface area contributed by atoms with E-state index in [1.54, 1.807) is 4.90 Å². The zero-order valence-corrected chi connectivity index (χ0v) is 10.4. The van der Waals surface area contributed by atoms with E-state index in [1.165, 1.54) is 0 Å². The smallest absolute Gasteiger partial charge is 0.222 e. The maximum absolute atomic E-state index is 11.6. The van der Waals surface area contributed by atoms with Crippen LogP contribution < -0.4 is 5.73 Å². The van der Waals surface area contributed by atoms with Gasteiger partial charge < -0.3 is 15.7 Å². The van der Waals surface area contributed by atoms with E-state index >= 15 is 0 Å². The molecule has 1 fully saturated rings. The van der Waals surface area contributed by atoms with Gasteiger partial charge in [-0.3, -0.25) is 4.79 Å². The van der Waals surface area contributed by atoms with E-state index in [-0.39, 0.29) is 24.4 Å². The third kappa shape index (κ3) is 4.51. The summed E-state index contributed by atoms with van der Waals surface area (Å²) < 4.78 is 0. The molecule has 3 N–H and O–H groups in total. The average molecular weight is 249 g/mol. The van der Waals surface area contributed by atoms with Crippen molar-refractivity contribution in [3.63, 3.8) is 0 Å². The Morgan fingerprint density at radius 1 is 1.56 bits per heavy atom. The number of rotatable bonds is 4. The molecule has 1 heterocycles. The van der Waals surface area contributed by atoms with Crippen LogP contribution in [0.25, 0.3) is 0 Å². The number of halogens is 1. The lowest BCUT2D eigenvalue weighted by Gasteiger charge is -2.14. The van der Waals surface area contributed by atoms with E-state index in [9.17, 15) is 9.90 Å². The van der Waals surface area contributed by atoms with Crippen LogP contribution in [0.3, 0.4) is 0 Å². The van der Waals surface area contributed by atoms with Gasteiger partial charge in [-0.25, -0.2) is 0 Å². The standard InChI is InChI=1S/C11H20N2O2.ClH/c1-2-3-4-5-6-11(15)13-7-9(12)10(14)8-13;/h2-3,9-10,14H,4-8,12H2,1H3;1H/t9-,10-;/m1./s1. The quantitative estimate of drug-likeness (QED) is 0.568. The highest BCUT2D eigenvalue weighted by Gasteiger charge is 2.30. The Morgan fingerprint density at radius 2 is 2.25 bits per heavy atom. The van der Waals surface area contributed by atoms with Crippen molar-refractivity contribution in [2.45, 2.75) is 38.3 Å². The van der Waals surface area contributed by atoms with Crippen LogP contribution in [0.2, 0.25) is 0 Å². The number of hydrogen-bond donors (Lipinski definition) is 2. The second-order valence-corrected chi connectivity index (χ2v) is 3.99. The van der Waals surface area contributed by atoms with Gasteiger partial charge in [0.1, 0.15) is 0 Å². The third-order valence-electron chi connectivity index (χ3n) is 2.68. The summed E-state index contributed by atoms with van der Waals surface area (Å²) in [6.07, 6.45) is 5.83. The van der Waals surface area contributed by atoms with E-state index in [4.69, 9.17) is 5.73 Å². The molecule has 0 aromatic rings.